The molecule has 3 nitrogen and oxygen atoms in total. The molecule has 4 heteroatoms. The molecule has 0 fully saturated rings. The van der Waals surface area contributed by atoms with Crippen molar-refractivity contribution in [3.05, 3.63) is 39.4 Å². The van der Waals surface area contributed by atoms with Crippen LogP contribution >= 0.6 is 15.9 Å². The quantitative estimate of drug-likeness (QED) is 0.747. The molecule has 0 aliphatic carbocycles. The first-order valence-electron chi connectivity index (χ1n) is 5.26. The van der Waals surface area contributed by atoms with Gasteiger partial charge in [0.15, 0.2) is 0 Å². The third-order valence-electron chi connectivity index (χ3n) is 3.02. The van der Waals surface area contributed by atoms with E-state index in [1.807, 2.05) is 19.1 Å². The summed E-state index contributed by atoms with van der Waals surface area (Å²) in [5.74, 6) is -0.474. The molecule has 0 saturated carbocycles. The zero-order valence-corrected chi connectivity index (χ0v) is 11.5. The fraction of sp³-hybridized carbons (Fsp3) is 0.231. The SMILES string of the molecule is CC1=C(C)C(=O)N(c2cccc(C)c2Br)C1=O. The number of aryl methyl sites for hydroxylation is 1. The molecule has 17 heavy (non-hydrogen) atoms. The predicted octanol–water partition coefficient (Wildman–Crippen LogP) is 2.97. The van der Waals surface area contributed by atoms with Gasteiger partial charge < -0.3 is 0 Å². The molecule has 0 aromatic heterocycles. The number of amides is 2. The summed E-state index contributed by atoms with van der Waals surface area (Å²) in [6.07, 6.45) is 0. The summed E-state index contributed by atoms with van der Waals surface area (Å²) in [7, 11) is 0. The van der Waals surface area contributed by atoms with Crippen molar-refractivity contribution >= 4 is 33.4 Å². The Hall–Kier alpha value is -1.42. The van der Waals surface area contributed by atoms with E-state index in [1.54, 1.807) is 19.9 Å². The second kappa shape index (κ2) is 4.11. The van der Waals surface area contributed by atoms with Gasteiger partial charge in [0.05, 0.1) is 5.69 Å². The normalized spacial score (nSPS) is 16.1. The zero-order valence-electron chi connectivity index (χ0n) is 9.87. The fourth-order valence-electron chi connectivity index (χ4n) is 1.77. The molecule has 1 heterocycles. The number of imide groups is 1. The van der Waals surface area contributed by atoms with Gasteiger partial charge in [-0.1, -0.05) is 12.1 Å². The van der Waals surface area contributed by atoms with Crippen LogP contribution in [0.4, 0.5) is 5.69 Å². The number of rotatable bonds is 1. The van der Waals surface area contributed by atoms with Crippen molar-refractivity contribution in [1.29, 1.82) is 0 Å². The van der Waals surface area contributed by atoms with Crippen molar-refractivity contribution in [3.63, 3.8) is 0 Å². The highest BCUT2D eigenvalue weighted by Crippen LogP contribution is 2.34. The Morgan fingerprint density at radius 2 is 1.53 bits per heavy atom. The van der Waals surface area contributed by atoms with Gasteiger partial charge >= 0.3 is 0 Å². The minimum Gasteiger partial charge on any atom is -0.269 e. The summed E-state index contributed by atoms with van der Waals surface area (Å²) in [5, 5.41) is 0. The number of carbonyl (C=O) groups excluding carboxylic acids is 2. The van der Waals surface area contributed by atoms with E-state index < -0.39 is 0 Å². The third kappa shape index (κ3) is 1.72. The van der Waals surface area contributed by atoms with Crippen molar-refractivity contribution in [2.24, 2.45) is 0 Å². The Balaban J connectivity index is 2.55. The van der Waals surface area contributed by atoms with Gasteiger partial charge in [-0.05, 0) is 48.3 Å². The van der Waals surface area contributed by atoms with Crippen molar-refractivity contribution in [3.8, 4) is 0 Å². The minimum atomic E-state index is -0.237. The molecule has 2 amide bonds. The molecule has 0 N–H and O–H groups in total. The number of halogens is 1. The topological polar surface area (TPSA) is 37.4 Å². The van der Waals surface area contributed by atoms with E-state index in [0.29, 0.717) is 16.8 Å². The van der Waals surface area contributed by atoms with E-state index in [2.05, 4.69) is 15.9 Å². The van der Waals surface area contributed by atoms with E-state index in [0.717, 1.165) is 10.0 Å². The number of nitrogens with zero attached hydrogens (tertiary/aromatic N) is 1. The van der Waals surface area contributed by atoms with Crippen LogP contribution in [-0.2, 0) is 9.59 Å². The van der Waals surface area contributed by atoms with Gasteiger partial charge in [-0.15, -0.1) is 0 Å². The molecule has 1 aromatic rings. The standard InChI is InChI=1S/C13H12BrNO2/c1-7-5-4-6-10(11(7)14)15-12(16)8(2)9(3)13(15)17/h4-6H,1-3H3. The second-order valence-corrected chi connectivity index (χ2v) is 4.90. The highest BCUT2D eigenvalue weighted by atomic mass is 79.9. The number of benzene rings is 1. The fourth-order valence-corrected chi connectivity index (χ4v) is 2.21. The third-order valence-corrected chi connectivity index (χ3v) is 4.05. The maximum atomic E-state index is 12.0. The lowest BCUT2D eigenvalue weighted by Gasteiger charge is -2.17. The Labute approximate surface area is 108 Å². The molecule has 0 bridgehead atoms. The zero-order chi connectivity index (χ0) is 12.7. The maximum Gasteiger partial charge on any atom is 0.261 e. The Kier molecular flexibility index (Phi) is 2.91. The van der Waals surface area contributed by atoms with E-state index in [-0.39, 0.29) is 11.8 Å². The number of anilines is 1. The van der Waals surface area contributed by atoms with Crippen LogP contribution in [0.5, 0.6) is 0 Å². The van der Waals surface area contributed by atoms with Gasteiger partial charge in [0.1, 0.15) is 0 Å². The highest BCUT2D eigenvalue weighted by molar-refractivity contribution is 9.10. The number of hydrogen-bond donors (Lipinski definition) is 0. The van der Waals surface area contributed by atoms with Crippen molar-refractivity contribution in [2.45, 2.75) is 20.8 Å². The van der Waals surface area contributed by atoms with Gasteiger partial charge in [0, 0.05) is 15.6 Å². The largest absolute Gasteiger partial charge is 0.269 e. The average Bonchev–Trinajstić information content (AvgIpc) is 2.49. The summed E-state index contributed by atoms with van der Waals surface area (Å²) in [6.45, 7) is 5.28. The van der Waals surface area contributed by atoms with Gasteiger partial charge in [-0.3, -0.25) is 9.59 Å². The molecule has 2 rings (SSSR count). The van der Waals surface area contributed by atoms with Crippen molar-refractivity contribution in [1.82, 2.24) is 0 Å². The molecule has 0 radical (unpaired) electrons. The smallest absolute Gasteiger partial charge is 0.261 e. The molecule has 0 spiro atoms. The van der Waals surface area contributed by atoms with Crippen LogP contribution in [0, 0.1) is 6.92 Å². The van der Waals surface area contributed by atoms with Crippen LogP contribution in [0.25, 0.3) is 0 Å². The molecule has 88 valence electrons. The summed E-state index contributed by atoms with van der Waals surface area (Å²) < 4.78 is 0.782. The summed E-state index contributed by atoms with van der Waals surface area (Å²) >= 11 is 3.42. The Morgan fingerprint density at radius 1 is 1.00 bits per heavy atom. The predicted molar refractivity (Wildman–Crippen MR) is 69.7 cm³/mol. The lowest BCUT2D eigenvalue weighted by atomic mass is 10.2. The molecule has 0 saturated heterocycles. The van der Waals surface area contributed by atoms with Crippen LogP contribution in [0.1, 0.15) is 19.4 Å². The van der Waals surface area contributed by atoms with Crippen LogP contribution in [-0.4, -0.2) is 11.8 Å². The highest BCUT2D eigenvalue weighted by Gasteiger charge is 2.35. The first-order chi connectivity index (χ1) is 7.95. The molecular formula is C13H12BrNO2. The first-order valence-corrected chi connectivity index (χ1v) is 6.06. The van der Waals surface area contributed by atoms with E-state index in [1.165, 1.54) is 4.90 Å². The lowest BCUT2D eigenvalue weighted by Crippen LogP contribution is -2.31. The van der Waals surface area contributed by atoms with E-state index >= 15 is 0 Å². The lowest BCUT2D eigenvalue weighted by molar-refractivity contribution is -0.120. The van der Waals surface area contributed by atoms with Gasteiger partial charge in [0.2, 0.25) is 0 Å². The van der Waals surface area contributed by atoms with Crippen LogP contribution in [0.2, 0.25) is 0 Å². The van der Waals surface area contributed by atoms with Crippen molar-refractivity contribution in [2.75, 3.05) is 4.90 Å². The van der Waals surface area contributed by atoms with Crippen LogP contribution in [0.15, 0.2) is 33.8 Å². The average molecular weight is 294 g/mol. The van der Waals surface area contributed by atoms with Crippen LogP contribution < -0.4 is 4.90 Å². The van der Waals surface area contributed by atoms with Crippen LogP contribution in [0.3, 0.4) is 0 Å². The number of hydrogen-bond acceptors (Lipinski definition) is 2. The molecule has 1 aliphatic heterocycles. The van der Waals surface area contributed by atoms with E-state index in [4.69, 9.17) is 0 Å². The van der Waals surface area contributed by atoms with Gasteiger partial charge in [-0.25, -0.2) is 4.90 Å². The van der Waals surface area contributed by atoms with Gasteiger partial charge in [-0.2, -0.15) is 0 Å². The first kappa shape index (κ1) is 12.0. The molecule has 0 atom stereocenters. The molecule has 0 unspecified atom stereocenters. The van der Waals surface area contributed by atoms with Crippen molar-refractivity contribution < 1.29 is 9.59 Å². The Morgan fingerprint density at radius 3 is 2.06 bits per heavy atom. The second-order valence-electron chi connectivity index (χ2n) is 4.10. The van der Waals surface area contributed by atoms with Gasteiger partial charge in [0.25, 0.3) is 11.8 Å². The summed E-state index contributed by atoms with van der Waals surface area (Å²) in [6, 6.07) is 5.52. The monoisotopic (exact) mass is 293 g/mol. The molecule has 1 aliphatic rings. The maximum absolute atomic E-state index is 12.0. The summed E-state index contributed by atoms with van der Waals surface area (Å²) in [4.78, 5) is 25.3. The molecular weight excluding hydrogens is 282 g/mol. The Bertz CT molecular complexity index is 537. The minimum absolute atomic E-state index is 0.237. The van der Waals surface area contributed by atoms with E-state index in [9.17, 15) is 9.59 Å². The summed E-state index contributed by atoms with van der Waals surface area (Å²) in [5.41, 5.74) is 2.63. The molecule has 1 aromatic carbocycles. The number of carbonyl (C=O) groups is 2.